The van der Waals surface area contributed by atoms with Crippen molar-refractivity contribution in [1.82, 2.24) is 9.97 Å². The van der Waals surface area contributed by atoms with Crippen molar-refractivity contribution in [2.24, 2.45) is 0 Å². The van der Waals surface area contributed by atoms with Gasteiger partial charge in [-0.1, -0.05) is 12.1 Å². The Morgan fingerprint density at radius 1 is 0.750 bits per heavy atom. The molecule has 0 atom stereocenters. The lowest BCUT2D eigenvalue weighted by molar-refractivity contribution is -0.157. The van der Waals surface area contributed by atoms with E-state index in [0.29, 0.717) is 0 Å². The number of hydrogen-bond acceptors (Lipinski definition) is 7. The summed E-state index contributed by atoms with van der Waals surface area (Å²) in [5.74, 6) is -4.36. The van der Waals surface area contributed by atoms with Gasteiger partial charge in [-0.05, 0) is 12.1 Å². The highest BCUT2D eigenvalue weighted by atomic mass is 16.6. The molecule has 0 spiro atoms. The molecule has 0 unspecified atom stereocenters. The van der Waals surface area contributed by atoms with E-state index in [1.165, 1.54) is 24.5 Å². The minimum Gasteiger partial charge on any atom is -0.401 e. The molecule has 0 aliphatic heterocycles. The van der Waals surface area contributed by atoms with Crippen molar-refractivity contribution in [3.05, 3.63) is 48.8 Å². The Labute approximate surface area is 113 Å². The summed E-state index contributed by atoms with van der Waals surface area (Å²) in [6, 6.07) is 9.08. The van der Waals surface area contributed by atoms with Gasteiger partial charge in [-0.3, -0.25) is 4.79 Å². The maximum atomic E-state index is 11.4. The molecule has 100 valence electrons. The van der Waals surface area contributed by atoms with Crippen molar-refractivity contribution in [3.8, 4) is 11.8 Å². The third kappa shape index (κ3) is 3.45. The number of hydrogen-bond donors (Lipinski definition) is 0. The van der Waals surface area contributed by atoms with Crippen molar-refractivity contribution in [2.45, 2.75) is 0 Å². The summed E-state index contributed by atoms with van der Waals surface area (Å²) in [7, 11) is 0. The zero-order valence-electron chi connectivity index (χ0n) is 10.1. The number of Topliss-reactive ketones (excluding diaryl/α,β-unsaturated/α-hetero) is 1. The molecular weight excluding hydrogens is 264 g/mol. The Hall–Kier alpha value is -3.09. The van der Waals surface area contributed by atoms with Crippen LogP contribution in [0, 0.1) is 0 Å². The summed E-state index contributed by atoms with van der Waals surface area (Å²) in [4.78, 5) is 41.6. The van der Waals surface area contributed by atoms with E-state index in [2.05, 4.69) is 19.4 Å². The fourth-order valence-electron chi connectivity index (χ4n) is 1.18. The molecule has 7 nitrogen and oxygen atoms in total. The average molecular weight is 272 g/mol. The number of pyridine rings is 2. The maximum absolute atomic E-state index is 11.4. The summed E-state index contributed by atoms with van der Waals surface area (Å²) in [5.41, 5.74) is 0. The quantitative estimate of drug-likeness (QED) is 0.455. The molecule has 2 heterocycles. The second kappa shape index (κ2) is 6.19. The van der Waals surface area contributed by atoms with Crippen molar-refractivity contribution in [2.75, 3.05) is 0 Å². The first-order chi connectivity index (χ1) is 9.66. The standard InChI is InChI=1S/C13H8N2O5/c16-11(12(17)19-9-5-1-3-7-14-9)13(18)20-10-6-2-4-8-15-10/h1-8H. The summed E-state index contributed by atoms with van der Waals surface area (Å²) < 4.78 is 9.23. The van der Waals surface area contributed by atoms with Crippen LogP contribution in [0.2, 0.25) is 0 Å². The van der Waals surface area contributed by atoms with Crippen LogP contribution >= 0.6 is 0 Å². The van der Waals surface area contributed by atoms with E-state index >= 15 is 0 Å². The number of ketones is 1. The lowest BCUT2D eigenvalue weighted by atomic mass is 10.4. The van der Waals surface area contributed by atoms with Crippen LogP contribution in [-0.2, 0) is 14.4 Å². The van der Waals surface area contributed by atoms with Crippen molar-refractivity contribution >= 4 is 17.7 Å². The van der Waals surface area contributed by atoms with Gasteiger partial charge in [-0.15, -0.1) is 0 Å². The lowest BCUT2D eigenvalue weighted by Crippen LogP contribution is -2.31. The maximum Gasteiger partial charge on any atom is 0.393 e. The molecule has 0 bridgehead atoms. The minimum absolute atomic E-state index is 0.0866. The third-order valence-corrected chi connectivity index (χ3v) is 2.04. The predicted octanol–water partition coefficient (Wildman–Crippen LogP) is 0.557. The zero-order chi connectivity index (χ0) is 14.4. The van der Waals surface area contributed by atoms with E-state index in [1.807, 2.05) is 0 Å². The molecule has 0 aliphatic carbocycles. The highest BCUT2D eigenvalue weighted by Crippen LogP contribution is 2.06. The van der Waals surface area contributed by atoms with Gasteiger partial charge in [0.15, 0.2) is 0 Å². The second-order valence-electron chi connectivity index (χ2n) is 3.44. The van der Waals surface area contributed by atoms with Crippen LogP contribution in [0.25, 0.3) is 0 Å². The summed E-state index contributed by atoms with van der Waals surface area (Å²) in [6.45, 7) is 0. The van der Waals surface area contributed by atoms with Crippen molar-refractivity contribution in [3.63, 3.8) is 0 Å². The van der Waals surface area contributed by atoms with Crippen molar-refractivity contribution < 1.29 is 23.9 Å². The number of rotatable bonds is 4. The summed E-state index contributed by atoms with van der Waals surface area (Å²) in [6.07, 6.45) is 2.75. The number of nitrogens with zero attached hydrogens (tertiary/aromatic N) is 2. The number of ether oxygens (including phenoxy) is 2. The molecule has 0 amide bonds. The summed E-state index contributed by atoms with van der Waals surface area (Å²) >= 11 is 0. The number of carbonyl (C=O) groups excluding carboxylic acids is 3. The molecule has 2 aromatic rings. The number of aromatic nitrogens is 2. The van der Waals surface area contributed by atoms with Gasteiger partial charge in [-0.25, -0.2) is 19.6 Å². The van der Waals surface area contributed by atoms with Gasteiger partial charge in [0, 0.05) is 24.5 Å². The van der Waals surface area contributed by atoms with Gasteiger partial charge >= 0.3 is 17.7 Å². The predicted molar refractivity (Wildman–Crippen MR) is 64.8 cm³/mol. The largest absolute Gasteiger partial charge is 0.401 e. The van der Waals surface area contributed by atoms with Crippen LogP contribution in [0.15, 0.2) is 48.8 Å². The van der Waals surface area contributed by atoms with Crippen LogP contribution in [0.5, 0.6) is 11.8 Å². The van der Waals surface area contributed by atoms with E-state index in [-0.39, 0.29) is 11.8 Å². The normalized spacial score (nSPS) is 9.60. The van der Waals surface area contributed by atoms with Gasteiger partial charge in [0.25, 0.3) is 0 Å². The average Bonchev–Trinajstić information content (AvgIpc) is 2.48. The van der Waals surface area contributed by atoms with Gasteiger partial charge < -0.3 is 9.47 Å². The SMILES string of the molecule is O=C(Oc1ccccn1)C(=O)C(=O)Oc1ccccn1. The van der Waals surface area contributed by atoms with Crippen molar-refractivity contribution in [1.29, 1.82) is 0 Å². The first-order valence-electron chi connectivity index (χ1n) is 5.47. The fourth-order valence-corrected chi connectivity index (χ4v) is 1.18. The highest BCUT2D eigenvalue weighted by molar-refractivity contribution is 6.60. The molecular formula is C13H8N2O5. The fraction of sp³-hybridized carbons (Fsp3) is 0. The van der Waals surface area contributed by atoms with Crippen LogP contribution in [0.1, 0.15) is 0 Å². The Balaban J connectivity index is 1.97. The summed E-state index contributed by atoms with van der Waals surface area (Å²) in [5, 5.41) is 0. The highest BCUT2D eigenvalue weighted by Gasteiger charge is 2.28. The van der Waals surface area contributed by atoms with E-state index < -0.39 is 17.7 Å². The van der Waals surface area contributed by atoms with E-state index in [9.17, 15) is 14.4 Å². The first kappa shape index (κ1) is 13.3. The van der Waals surface area contributed by atoms with Gasteiger partial charge in [0.2, 0.25) is 11.8 Å². The third-order valence-electron chi connectivity index (χ3n) is 2.04. The molecule has 7 heteroatoms. The Bertz CT molecular complexity index is 572. The smallest absolute Gasteiger partial charge is 0.393 e. The molecule has 0 aromatic carbocycles. The molecule has 0 aliphatic rings. The Morgan fingerprint density at radius 3 is 1.55 bits per heavy atom. The molecule has 2 aromatic heterocycles. The first-order valence-corrected chi connectivity index (χ1v) is 5.47. The van der Waals surface area contributed by atoms with Gasteiger partial charge in [0.05, 0.1) is 0 Å². The van der Waals surface area contributed by atoms with Crippen LogP contribution in [-0.4, -0.2) is 27.7 Å². The molecule has 2 rings (SSSR count). The molecule has 0 N–H and O–H groups in total. The number of carbonyl (C=O) groups is 3. The molecule has 0 saturated heterocycles. The minimum atomic E-state index is -1.44. The topological polar surface area (TPSA) is 95.5 Å². The molecule has 20 heavy (non-hydrogen) atoms. The van der Waals surface area contributed by atoms with Crippen LogP contribution in [0.3, 0.4) is 0 Å². The van der Waals surface area contributed by atoms with E-state index in [1.54, 1.807) is 24.3 Å². The monoisotopic (exact) mass is 272 g/mol. The van der Waals surface area contributed by atoms with E-state index in [4.69, 9.17) is 0 Å². The Morgan fingerprint density at radius 2 is 1.20 bits per heavy atom. The van der Waals surface area contributed by atoms with E-state index in [0.717, 1.165) is 0 Å². The lowest BCUT2D eigenvalue weighted by Gasteiger charge is -2.02. The second-order valence-corrected chi connectivity index (χ2v) is 3.44. The molecule has 0 fully saturated rings. The van der Waals surface area contributed by atoms with Crippen LogP contribution < -0.4 is 9.47 Å². The Kier molecular flexibility index (Phi) is 4.13. The molecule has 0 saturated carbocycles. The molecule has 0 radical (unpaired) electrons. The number of esters is 2. The van der Waals surface area contributed by atoms with Gasteiger partial charge in [-0.2, -0.15) is 0 Å². The van der Waals surface area contributed by atoms with Crippen LogP contribution in [0.4, 0.5) is 0 Å². The zero-order valence-corrected chi connectivity index (χ0v) is 10.1. The van der Waals surface area contributed by atoms with Gasteiger partial charge in [0.1, 0.15) is 0 Å².